The molecule has 1 heterocycles. The fourth-order valence-electron chi connectivity index (χ4n) is 1.88. The van der Waals surface area contributed by atoms with Gasteiger partial charge in [0.1, 0.15) is 5.76 Å². The Labute approximate surface area is 86.5 Å². The molecule has 14 heavy (non-hydrogen) atoms. The van der Waals surface area contributed by atoms with Crippen molar-refractivity contribution >= 4 is 0 Å². The van der Waals surface area contributed by atoms with E-state index < -0.39 is 0 Å². The van der Waals surface area contributed by atoms with Gasteiger partial charge < -0.3 is 10.2 Å². The van der Waals surface area contributed by atoms with Crippen LogP contribution in [-0.4, -0.2) is 0 Å². The summed E-state index contributed by atoms with van der Waals surface area (Å²) >= 11 is 0. The Bertz CT molecular complexity index is 267. The predicted molar refractivity (Wildman–Crippen MR) is 59.1 cm³/mol. The van der Waals surface area contributed by atoms with Crippen LogP contribution in [0.15, 0.2) is 16.7 Å². The molecule has 80 valence electrons. The largest absolute Gasteiger partial charge is 0.469 e. The van der Waals surface area contributed by atoms with E-state index in [0.717, 1.165) is 12.2 Å². The molecule has 0 aromatic carbocycles. The van der Waals surface area contributed by atoms with Gasteiger partial charge in [0.25, 0.3) is 0 Å². The van der Waals surface area contributed by atoms with E-state index in [1.54, 1.807) is 6.26 Å². The number of nitrogens with two attached hydrogens (primary N) is 1. The van der Waals surface area contributed by atoms with Crippen LogP contribution in [0.25, 0.3) is 0 Å². The third-order valence-electron chi connectivity index (χ3n) is 2.82. The van der Waals surface area contributed by atoms with Crippen LogP contribution in [0.3, 0.4) is 0 Å². The van der Waals surface area contributed by atoms with Gasteiger partial charge in [-0.3, -0.25) is 0 Å². The fourth-order valence-corrected chi connectivity index (χ4v) is 1.88. The van der Waals surface area contributed by atoms with E-state index in [4.69, 9.17) is 10.2 Å². The average molecular weight is 195 g/mol. The lowest BCUT2D eigenvalue weighted by Gasteiger charge is -2.19. The second-order valence-corrected chi connectivity index (χ2v) is 3.94. The van der Waals surface area contributed by atoms with E-state index in [9.17, 15) is 0 Å². The quantitative estimate of drug-likeness (QED) is 0.783. The van der Waals surface area contributed by atoms with Crippen molar-refractivity contribution in [3.8, 4) is 0 Å². The van der Waals surface area contributed by atoms with Crippen molar-refractivity contribution in [2.45, 2.75) is 46.1 Å². The molecule has 0 aliphatic heterocycles. The van der Waals surface area contributed by atoms with Crippen LogP contribution in [0.1, 0.15) is 51.0 Å². The zero-order valence-electron chi connectivity index (χ0n) is 9.42. The number of aryl methyl sites for hydroxylation is 1. The van der Waals surface area contributed by atoms with Crippen LogP contribution in [0.4, 0.5) is 0 Å². The summed E-state index contributed by atoms with van der Waals surface area (Å²) in [7, 11) is 0. The summed E-state index contributed by atoms with van der Waals surface area (Å²) in [6.07, 6.45) is 5.03. The second kappa shape index (κ2) is 5.20. The minimum atomic E-state index is 0.128. The Morgan fingerprint density at radius 1 is 1.43 bits per heavy atom. The zero-order chi connectivity index (χ0) is 10.6. The van der Waals surface area contributed by atoms with Crippen molar-refractivity contribution in [1.82, 2.24) is 0 Å². The third-order valence-corrected chi connectivity index (χ3v) is 2.82. The number of furan rings is 1. The lowest BCUT2D eigenvalue weighted by atomic mass is 9.91. The van der Waals surface area contributed by atoms with E-state index in [-0.39, 0.29) is 6.04 Å². The molecular formula is C12H21NO. The Kier molecular flexibility index (Phi) is 4.21. The molecule has 2 nitrogen and oxygen atoms in total. The lowest BCUT2D eigenvalue weighted by Crippen LogP contribution is -2.19. The highest BCUT2D eigenvalue weighted by Gasteiger charge is 2.18. The summed E-state index contributed by atoms with van der Waals surface area (Å²) in [4.78, 5) is 0. The Morgan fingerprint density at radius 3 is 2.71 bits per heavy atom. The molecule has 2 atom stereocenters. The van der Waals surface area contributed by atoms with E-state index in [0.29, 0.717) is 5.92 Å². The summed E-state index contributed by atoms with van der Waals surface area (Å²) in [5.41, 5.74) is 7.37. The first kappa shape index (κ1) is 11.3. The van der Waals surface area contributed by atoms with Crippen LogP contribution < -0.4 is 5.73 Å². The molecule has 0 spiro atoms. The first-order valence-electron chi connectivity index (χ1n) is 5.52. The van der Waals surface area contributed by atoms with Crippen molar-refractivity contribution in [3.05, 3.63) is 23.7 Å². The van der Waals surface area contributed by atoms with Gasteiger partial charge in [-0.25, -0.2) is 0 Å². The van der Waals surface area contributed by atoms with Crippen LogP contribution in [0, 0.1) is 5.92 Å². The highest BCUT2D eigenvalue weighted by molar-refractivity contribution is 5.21. The molecule has 0 fully saturated rings. The van der Waals surface area contributed by atoms with Crippen molar-refractivity contribution < 1.29 is 4.42 Å². The maximum Gasteiger partial charge on any atom is 0.108 e. The predicted octanol–water partition coefficient (Wildman–Crippen LogP) is 3.28. The van der Waals surface area contributed by atoms with Crippen LogP contribution in [0.2, 0.25) is 0 Å². The van der Waals surface area contributed by atoms with Gasteiger partial charge in [-0.2, -0.15) is 0 Å². The minimum Gasteiger partial charge on any atom is -0.469 e. The normalized spacial score (nSPS) is 15.4. The SMILES string of the molecule is CCCC(C)C(N)c1ccoc1CC. The van der Waals surface area contributed by atoms with Crippen molar-refractivity contribution in [3.63, 3.8) is 0 Å². The summed E-state index contributed by atoms with van der Waals surface area (Å²) < 4.78 is 5.38. The van der Waals surface area contributed by atoms with Crippen molar-refractivity contribution in [2.24, 2.45) is 11.7 Å². The molecule has 0 aliphatic rings. The van der Waals surface area contributed by atoms with Gasteiger partial charge in [0, 0.05) is 18.0 Å². The average Bonchev–Trinajstić information content (AvgIpc) is 2.64. The molecular weight excluding hydrogens is 174 g/mol. The van der Waals surface area contributed by atoms with Gasteiger partial charge in [0.05, 0.1) is 6.26 Å². The standard InChI is InChI=1S/C12H21NO/c1-4-6-9(3)12(13)10-7-8-14-11(10)5-2/h7-9,12H,4-6,13H2,1-3H3. The highest BCUT2D eigenvalue weighted by Crippen LogP contribution is 2.26. The number of rotatable bonds is 5. The molecule has 2 heteroatoms. The smallest absolute Gasteiger partial charge is 0.108 e. The highest BCUT2D eigenvalue weighted by atomic mass is 16.3. The van der Waals surface area contributed by atoms with Crippen LogP contribution >= 0.6 is 0 Å². The van der Waals surface area contributed by atoms with Crippen LogP contribution in [0.5, 0.6) is 0 Å². The summed E-state index contributed by atoms with van der Waals surface area (Å²) in [5, 5.41) is 0. The minimum absolute atomic E-state index is 0.128. The molecule has 0 amide bonds. The topological polar surface area (TPSA) is 39.2 Å². The van der Waals surface area contributed by atoms with E-state index in [2.05, 4.69) is 20.8 Å². The lowest BCUT2D eigenvalue weighted by molar-refractivity contribution is 0.421. The summed E-state index contributed by atoms with van der Waals surface area (Å²) in [6, 6.07) is 2.14. The molecule has 1 rings (SSSR count). The van der Waals surface area contributed by atoms with E-state index in [1.165, 1.54) is 18.4 Å². The number of hydrogen-bond donors (Lipinski definition) is 1. The Balaban J connectivity index is 2.72. The molecule has 0 saturated carbocycles. The first-order chi connectivity index (χ1) is 6.70. The van der Waals surface area contributed by atoms with Crippen LogP contribution in [-0.2, 0) is 6.42 Å². The van der Waals surface area contributed by atoms with Crippen molar-refractivity contribution in [2.75, 3.05) is 0 Å². The molecule has 2 unspecified atom stereocenters. The first-order valence-corrected chi connectivity index (χ1v) is 5.52. The molecule has 0 aliphatic carbocycles. The molecule has 2 N–H and O–H groups in total. The Morgan fingerprint density at radius 2 is 2.14 bits per heavy atom. The monoisotopic (exact) mass is 195 g/mol. The molecule has 0 saturated heterocycles. The van der Waals surface area contributed by atoms with Gasteiger partial charge >= 0.3 is 0 Å². The molecule has 1 aromatic heterocycles. The van der Waals surface area contributed by atoms with Gasteiger partial charge in [-0.15, -0.1) is 0 Å². The van der Waals surface area contributed by atoms with Crippen molar-refractivity contribution in [1.29, 1.82) is 0 Å². The second-order valence-electron chi connectivity index (χ2n) is 3.94. The third kappa shape index (κ3) is 2.38. The summed E-state index contributed by atoms with van der Waals surface area (Å²) in [6.45, 7) is 6.50. The zero-order valence-corrected chi connectivity index (χ0v) is 9.42. The fraction of sp³-hybridized carbons (Fsp3) is 0.667. The van der Waals surface area contributed by atoms with Gasteiger partial charge in [0.2, 0.25) is 0 Å². The molecule has 0 bridgehead atoms. The Hall–Kier alpha value is -0.760. The van der Waals surface area contributed by atoms with E-state index >= 15 is 0 Å². The maximum atomic E-state index is 6.19. The van der Waals surface area contributed by atoms with Gasteiger partial charge in [-0.1, -0.05) is 27.2 Å². The van der Waals surface area contributed by atoms with Gasteiger partial charge in [-0.05, 0) is 18.4 Å². The molecule has 1 aromatic rings. The number of hydrogen-bond acceptors (Lipinski definition) is 2. The summed E-state index contributed by atoms with van der Waals surface area (Å²) in [5.74, 6) is 1.57. The van der Waals surface area contributed by atoms with E-state index in [1.807, 2.05) is 6.07 Å². The van der Waals surface area contributed by atoms with Gasteiger partial charge in [0.15, 0.2) is 0 Å². The molecule has 0 radical (unpaired) electrons. The maximum absolute atomic E-state index is 6.19.